The minimum Gasteiger partial charge on any atom is -0.334 e. The molecule has 0 radical (unpaired) electrons. The van der Waals surface area contributed by atoms with Gasteiger partial charge in [-0.2, -0.15) is 0 Å². The average molecular weight is 429 g/mol. The molecular weight excluding hydrogens is 404 g/mol. The van der Waals surface area contributed by atoms with Gasteiger partial charge in [0.2, 0.25) is 10.0 Å². The van der Waals surface area contributed by atoms with E-state index in [1.54, 1.807) is 17.0 Å². The summed E-state index contributed by atoms with van der Waals surface area (Å²) in [5, 5.41) is 1.90. The summed E-state index contributed by atoms with van der Waals surface area (Å²) in [6.45, 7) is 3.33. The van der Waals surface area contributed by atoms with Crippen LogP contribution >= 0.6 is 11.3 Å². The molecule has 0 unspecified atom stereocenters. The summed E-state index contributed by atoms with van der Waals surface area (Å²) in [5.41, 5.74) is 1.41. The summed E-state index contributed by atoms with van der Waals surface area (Å²) in [6, 6.07) is 19.8. The molecule has 5 nitrogen and oxygen atoms in total. The highest BCUT2D eigenvalue weighted by Crippen LogP contribution is 2.17. The zero-order valence-electron chi connectivity index (χ0n) is 16.2. The lowest BCUT2D eigenvalue weighted by Crippen LogP contribution is -2.31. The van der Waals surface area contributed by atoms with E-state index in [1.807, 2.05) is 54.8 Å². The molecule has 1 N–H and O–H groups in total. The van der Waals surface area contributed by atoms with E-state index < -0.39 is 10.0 Å². The summed E-state index contributed by atoms with van der Waals surface area (Å²) >= 11 is 1.49. The van der Waals surface area contributed by atoms with E-state index in [4.69, 9.17) is 0 Å². The van der Waals surface area contributed by atoms with Gasteiger partial charge in [-0.25, -0.2) is 13.1 Å². The van der Waals surface area contributed by atoms with Crippen molar-refractivity contribution in [2.24, 2.45) is 0 Å². The fourth-order valence-corrected chi connectivity index (χ4v) is 4.76. The van der Waals surface area contributed by atoms with Crippen molar-refractivity contribution in [3.8, 4) is 0 Å². The third kappa shape index (κ3) is 5.76. The maximum Gasteiger partial charge on any atom is 0.254 e. The van der Waals surface area contributed by atoms with E-state index in [2.05, 4.69) is 4.72 Å². The van der Waals surface area contributed by atoms with Crippen LogP contribution in [0.2, 0.25) is 0 Å². The molecule has 1 amide bonds. The van der Waals surface area contributed by atoms with E-state index in [-0.39, 0.29) is 17.3 Å². The largest absolute Gasteiger partial charge is 0.334 e. The van der Waals surface area contributed by atoms with Crippen LogP contribution in [0.5, 0.6) is 0 Å². The number of carbonyl (C=O) groups is 1. The van der Waals surface area contributed by atoms with Crippen molar-refractivity contribution in [2.75, 3.05) is 6.54 Å². The number of sulfonamides is 1. The molecule has 1 aromatic heterocycles. The third-order valence-electron chi connectivity index (χ3n) is 4.40. The zero-order valence-corrected chi connectivity index (χ0v) is 17.9. The lowest BCUT2D eigenvalue weighted by atomic mass is 10.1. The van der Waals surface area contributed by atoms with Gasteiger partial charge >= 0.3 is 0 Å². The first-order valence-corrected chi connectivity index (χ1v) is 11.8. The molecule has 7 heteroatoms. The molecule has 2 aromatic carbocycles. The van der Waals surface area contributed by atoms with Crippen molar-refractivity contribution in [2.45, 2.75) is 31.3 Å². The van der Waals surface area contributed by atoms with Gasteiger partial charge in [-0.3, -0.25) is 4.79 Å². The number of amides is 1. The molecule has 3 aromatic rings. The monoisotopic (exact) mass is 428 g/mol. The number of nitrogens with one attached hydrogen (secondary N) is 1. The summed E-state index contributed by atoms with van der Waals surface area (Å²) in [4.78, 5) is 15.8. The highest BCUT2D eigenvalue weighted by Gasteiger charge is 2.19. The van der Waals surface area contributed by atoms with Crippen molar-refractivity contribution >= 4 is 27.3 Å². The van der Waals surface area contributed by atoms with E-state index in [9.17, 15) is 13.2 Å². The Morgan fingerprint density at radius 3 is 2.52 bits per heavy atom. The maximum atomic E-state index is 13.1. The van der Waals surface area contributed by atoms with Gasteiger partial charge in [0, 0.05) is 30.1 Å². The molecule has 0 saturated carbocycles. The SMILES string of the molecule is CCCN(Cc1ccccc1)C(=O)c1cccc(S(=O)(=O)NCc2cccs2)c1. The molecule has 0 spiro atoms. The topological polar surface area (TPSA) is 66.5 Å². The molecule has 0 saturated heterocycles. The maximum absolute atomic E-state index is 13.1. The first-order chi connectivity index (χ1) is 14.0. The van der Waals surface area contributed by atoms with Crippen molar-refractivity contribution in [3.05, 3.63) is 88.1 Å². The first kappa shape index (κ1) is 21.2. The van der Waals surface area contributed by atoms with Gasteiger partial charge in [-0.05, 0) is 41.6 Å². The Morgan fingerprint density at radius 1 is 1.03 bits per heavy atom. The Hall–Kier alpha value is -2.48. The van der Waals surface area contributed by atoms with Gasteiger partial charge < -0.3 is 4.90 Å². The van der Waals surface area contributed by atoms with Crippen LogP contribution < -0.4 is 4.72 Å². The van der Waals surface area contributed by atoms with Gasteiger partial charge in [-0.15, -0.1) is 11.3 Å². The van der Waals surface area contributed by atoms with E-state index in [0.29, 0.717) is 18.7 Å². The molecule has 0 bridgehead atoms. The van der Waals surface area contributed by atoms with Crippen LogP contribution in [0.25, 0.3) is 0 Å². The van der Waals surface area contributed by atoms with Gasteiger partial charge in [0.25, 0.3) is 5.91 Å². The minimum absolute atomic E-state index is 0.0936. The highest BCUT2D eigenvalue weighted by atomic mass is 32.2. The normalized spacial score (nSPS) is 11.3. The predicted octanol–water partition coefficient (Wildman–Crippen LogP) is 4.28. The van der Waals surface area contributed by atoms with Crippen molar-refractivity contribution in [3.63, 3.8) is 0 Å². The summed E-state index contributed by atoms with van der Waals surface area (Å²) < 4.78 is 27.9. The number of thiophene rings is 1. The fourth-order valence-electron chi connectivity index (χ4n) is 2.97. The second-order valence-corrected chi connectivity index (χ2v) is 9.44. The van der Waals surface area contributed by atoms with Gasteiger partial charge in [-0.1, -0.05) is 49.4 Å². The standard InChI is InChI=1S/C22H24N2O3S2/c1-2-13-24(17-18-8-4-3-5-9-18)22(25)19-10-6-12-21(15-19)29(26,27)23-16-20-11-7-14-28-20/h3-12,14-15,23H,2,13,16-17H2,1H3. The summed E-state index contributed by atoms with van der Waals surface area (Å²) in [5.74, 6) is -0.175. The third-order valence-corrected chi connectivity index (χ3v) is 6.68. The highest BCUT2D eigenvalue weighted by molar-refractivity contribution is 7.89. The number of hydrogen-bond donors (Lipinski definition) is 1. The van der Waals surface area contributed by atoms with Crippen LogP contribution in [-0.4, -0.2) is 25.8 Å². The molecule has 0 aliphatic heterocycles. The van der Waals surface area contributed by atoms with Crippen LogP contribution in [0.15, 0.2) is 77.0 Å². The van der Waals surface area contributed by atoms with E-state index in [1.165, 1.54) is 23.5 Å². The number of rotatable bonds is 9. The zero-order chi connectivity index (χ0) is 20.7. The Balaban J connectivity index is 1.78. The van der Waals surface area contributed by atoms with E-state index in [0.717, 1.165) is 16.9 Å². The van der Waals surface area contributed by atoms with Crippen LogP contribution in [0, 0.1) is 0 Å². The summed E-state index contributed by atoms with van der Waals surface area (Å²) in [7, 11) is -3.70. The number of hydrogen-bond acceptors (Lipinski definition) is 4. The van der Waals surface area contributed by atoms with Crippen molar-refractivity contribution < 1.29 is 13.2 Å². The van der Waals surface area contributed by atoms with Gasteiger partial charge in [0.1, 0.15) is 0 Å². The second-order valence-electron chi connectivity index (χ2n) is 6.64. The molecule has 3 rings (SSSR count). The minimum atomic E-state index is -3.70. The number of benzene rings is 2. The molecule has 0 atom stereocenters. The Bertz CT molecular complexity index is 1030. The Morgan fingerprint density at radius 2 is 1.83 bits per heavy atom. The lowest BCUT2D eigenvalue weighted by molar-refractivity contribution is 0.0743. The molecular formula is C22H24N2O3S2. The Kier molecular flexibility index (Phi) is 7.19. The molecule has 0 aliphatic carbocycles. The van der Waals surface area contributed by atoms with Gasteiger partial charge in [0.05, 0.1) is 4.90 Å². The number of nitrogens with zero attached hydrogens (tertiary/aromatic N) is 1. The molecule has 0 fully saturated rings. The Labute approximate surface area is 176 Å². The molecule has 0 aliphatic rings. The lowest BCUT2D eigenvalue weighted by Gasteiger charge is -2.22. The first-order valence-electron chi connectivity index (χ1n) is 9.45. The van der Waals surface area contributed by atoms with E-state index >= 15 is 0 Å². The molecule has 152 valence electrons. The smallest absolute Gasteiger partial charge is 0.254 e. The van der Waals surface area contributed by atoms with Gasteiger partial charge in [0.15, 0.2) is 0 Å². The van der Waals surface area contributed by atoms with Crippen LogP contribution in [-0.2, 0) is 23.1 Å². The van der Waals surface area contributed by atoms with Crippen LogP contribution in [0.1, 0.15) is 34.1 Å². The van der Waals surface area contributed by atoms with Crippen LogP contribution in [0.3, 0.4) is 0 Å². The van der Waals surface area contributed by atoms with Crippen molar-refractivity contribution in [1.29, 1.82) is 0 Å². The fraction of sp³-hybridized carbons (Fsp3) is 0.227. The second kappa shape index (κ2) is 9.82. The number of carbonyl (C=O) groups excluding carboxylic acids is 1. The molecule has 1 heterocycles. The quantitative estimate of drug-likeness (QED) is 0.553. The van der Waals surface area contributed by atoms with Crippen molar-refractivity contribution in [1.82, 2.24) is 9.62 Å². The predicted molar refractivity (Wildman–Crippen MR) is 116 cm³/mol. The van der Waals surface area contributed by atoms with Crippen LogP contribution in [0.4, 0.5) is 0 Å². The molecule has 29 heavy (non-hydrogen) atoms. The summed E-state index contributed by atoms with van der Waals surface area (Å²) in [6.07, 6.45) is 0.818. The average Bonchev–Trinajstić information content (AvgIpc) is 3.26.